The Kier molecular flexibility index (Phi) is 6.04. The van der Waals surface area contributed by atoms with Crippen molar-refractivity contribution >= 4 is 27.8 Å². The van der Waals surface area contributed by atoms with E-state index in [1.54, 1.807) is 39.0 Å². The molecule has 7 heteroatoms. The van der Waals surface area contributed by atoms with Crippen LogP contribution in [-0.2, 0) is 14.8 Å². The Hall–Kier alpha value is -1.05. The topological polar surface area (TPSA) is 83.5 Å². The number of sulfonamides is 1. The second kappa shape index (κ2) is 7.10. The maximum atomic E-state index is 12.2. The average Bonchev–Trinajstić information content (AvgIpc) is 2.34. The molecule has 0 amide bonds. The molecule has 2 N–H and O–H groups in total. The van der Waals surface area contributed by atoms with Crippen LogP contribution in [0.3, 0.4) is 0 Å². The molecule has 0 radical (unpaired) electrons. The van der Waals surface area contributed by atoms with E-state index in [2.05, 4.69) is 4.72 Å². The zero-order chi connectivity index (χ0) is 15.3. The van der Waals surface area contributed by atoms with E-state index in [1.807, 2.05) is 0 Å². The van der Waals surface area contributed by atoms with Gasteiger partial charge in [0.1, 0.15) is 0 Å². The number of carboxylic acids is 1. The number of rotatable bonds is 7. The average molecular weight is 317 g/mol. The first kappa shape index (κ1) is 17.0. The fraction of sp³-hybridized carbons (Fsp3) is 0.462. The van der Waals surface area contributed by atoms with Crippen LogP contribution in [0.4, 0.5) is 0 Å². The summed E-state index contributed by atoms with van der Waals surface area (Å²) in [7, 11) is -3.58. The molecule has 0 saturated heterocycles. The number of hydrogen-bond acceptors (Lipinski definition) is 4. The molecular weight excluding hydrogens is 298 g/mol. The third kappa shape index (κ3) is 4.81. The summed E-state index contributed by atoms with van der Waals surface area (Å²) in [5, 5.41) is 8.86. The summed E-state index contributed by atoms with van der Waals surface area (Å²) in [5.74, 6) is -1.10. The number of hydrogen-bond donors (Lipinski definition) is 2. The van der Waals surface area contributed by atoms with Gasteiger partial charge in [-0.25, -0.2) is 13.1 Å². The number of carbonyl (C=O) groups is 1. The first-order chi connectivity index (χ1) is 9.24. The van der Waals surface area contributed by atoms with Gasteiger partial charge in [0.2, 0.25) is 10.0 Å². The van der Waals surface area contributed by atoms with E-state index < -0.39 is 21.9 Å². The molecule has 0 saturated carbocycles. The van der Waals surface area contributed by atoms with Crippen molar-refractivity contribution < 1.29 is 18.3 Å². The Bertz CT molecular complexity index is 569. The Morgan fingerprint density at radius 2 is 1.90 bits per heavy atom. The van der Waals surface area contributed by atoms with Crippen LogP contribution < -0.4 is 4.72 Å². The van der Waals surface area contributed by atoms with Crippen molar-refractivity contribution in [3.8, 4) is 0 Å². The number of benzene rings is 1. The molecule has 20 heavy (non-hydrogen) atoms. The van der Waals surface area contributed by atoms with Gasteiger partial charge in [-0.2, -0.15) is 0 Å². The molecule has 1 atom stereocenters. The predicted molar refractivity (Wildman–Crippen MR) is 79.4 cm³/mol. The minimum atomic E-state index is -3.58. The zero-order valence-corrected chi connectivity index (χ0v) is 13.3. The quantitative estimate of drug-likeness (QED) is 0.753. The summed E-state index contributed by atoms with van der Waals surface area (Å²) in [6, 6.07) is 6.41. The summed E-state index contributed by atoms with van der Waals surface area (Å²) in [5.41, 5.74) is 0. The molecular formula is C13H19NO4S2. The van der Waals surface area contributed by atoms with Gasteiger partial charge in [-0.1, -0.05) is 19.1 Å². The van der Waals surface area contributed by atoms with Crippen LogP contribution in [0.25, 0.3) is 0 Å². The monoisotopic (exact) mass is 317 g/mol. The highest BCUT2D eigenvalue weighted by Crippen LogP contribution is 2.28. The summed E-state index contributed by atoms with van der Waals surface area (Å²) < 4.78 is 26.9. The van der Waals surface area contributed by atoms with E-state index in [-0.39, 0.29) is 10.9 Å². The van der Waals surface area contributed by atoms with Gasteiger partial charge < -0.3 is 5.11 Å². The number of aliphatic carboxylic acids is 1. The molecule has 1 rings (SSSR count). The van der Waals surface area contributed by atoms with E-state index >= 15 is 0 Å². The summed E-state index contributed by atoms with van der Waals surface area (Å²) in [6.45, 7) is 5.10. The van der Waals surface area contributed by atoms with Crippen LogP contribution >= 0.6 is 11.8 Å². The second-order valence-corrected chi connectivity index (χ2v) is 7.52. The van der Waals surface area contributed by atoms with E-state index in [4.69, 9.17) is 5.11 Å². The molecule has 5 nitrogen and oxygen atoms in total. The van der Waals surface area contributed by atoms with Gasteiger partial charge in [0.15, 0.2) is 0 Å². The van der Waals surface area contributed by atoms with Gasteiger partial charge in [0.05, 0.1) is 10.8 Å². The number of nitrogens with one attached hydrogen (secondary N) is 1. The van der Waals surface area contributed by atoms with E-state index in [0.29, 0.717) is 10.6 Å². The fourth-order valence-electron chi connectivity index (χ4n) is 1.45. The molecule has 0 aliphatic heterocycles. The fourth-order valence-corrected chi connectivity index (χ4v) is 4.25. The Morgan fingerprint density at radius 3 is 2.45 bits per heavy atom. The molecule has 0 aromatic heterocycles. The van der Waals surface area contributed by atoms with Gasteiger partial charge in [-0.3, -0.25) is 4.79 Å². The van der Waals surface area contributed by atoms with Gasteiger partial charge in [-0.15, -0.1) is 11.8 Å². The predicted octanol–water partition coefficient (Wildman–Crippen LogP) is 2.19. The molecule has 0 aliphatic carbocycles. The minimum absolute atomic E-state index is 0.191. The van der Waals surface area contributed by atoms with Crippen LogP contribution in [0.15, 0.2) is 34.1 Å². The lowest BCUT2D eigenvalue weighted by atomic mass is 10.2. The lowest BCUT2D eigenvalue weighted by molar-refractivity contribution is -0.140. The van der Waals surface area contributed by atoms with Crippen molar-refractivity contribution in [2.75, 3.05) is 5.75 Å². The molecule has 0 aliphatic rings. The molecule has 1 aromatic rings. The van der Waals surface area contributed by atoms with Crippen molar-refractivity contribution in [1.82, 2.24) is 4.72 Å². The zero-order valence-electron chi connectivity index (χ0n) is 11.7. The maximum Gasteiger partial charge on any atom is 0.307 e. The second-order valence-electron chi connectivity index (χ2n) is 4.77. The highest BCUT2D eigenvalue weighted by molar-refractivity contribution is 8.00. The van der Waals surface area contributed by atoms with Crippen LogP contribution in [0, 0.1) is 5.92 Å². The van der Waals surface area contributed by atoms with Crippen molar-refractivity contribution in [3.63, 3.8) is 0 Å². The third-order valence-electron chi connectivity index (χ3n) is 2.44. The SMILES string of the molecule is CC(C)NS(=O)(=O)c1ccccc1SCC(C)C(=O)O. The van der Waals surface area contributed by atoms with Crippen molar-refractivity contribution in [2.45, 2.75) is 36.6 Å². The number of carboxylic acid groups (broad SMARTS) is 1. The first-order valence-corrected chi connectivity index (χ1v) is 8.68. The standard InChI is InChI=1S/C13H19NO4S2/c1-9(2)14-20(17,18)12-7-5-4-6-11(12)19-8-10(3)13(15)16/h4-7,9-10,14H,8H2,1-3H3,(H,15,16). The van der Waals surface area contributed by atoms with E-state index in [9.17, 15) is 13.2 Å². The van der Waals surface area contributed by atoms with Crippen LogP contribution in [0.2, 0.25) is 0 Å². The summed E-state index contributed by atoms with van der Waals surface area (Å²) in [6.07, 6.45) is 0. The maximum absolute atomic E-state index is 12.2. The Balaban J connectivity index is 2.97. The van der Waals surface area contributed by atoms with Gasteiger partial charge >= 0.3 is 5.97 Å². The lowest BCUT2D eigenvalue weighted by Crippen LogP contribution is -2.30. The summed E-state index contributed by atoms with van der Waals surface area (Å²) in [4.78, 5) is 11.6. The van der Waals surface area contributed by atoms with Crippen molar-refractivity contribution in [1.29, 1.82) is 0 Å². The Labute approximate surface area is 123 Å². The van der Waals surface area contributed by atoms with E-state index in [1.165, 1.54) is 17.8 Å². The largest absolute Gasteiger partial charge is 0.481 e. The molecule has 1 aromatic carbocycles. The highest BCUT2D eigenvalue weighted by Gasteiger charge is 2.20. The van der Waals surface area contributed by atoms with Gasteiger partial charge in [-0.05, 0) is 26.0 Å². The van der Waals surface area contributed by atoms with Crippen molar-refractivity contribution in [3.05, 3.63) is 24.3 Å². The van der Waals surface area contributed by atoms with E-state index in [0.717, 1.165) is 0 Å². The van der Waals surface area contributed by atoms with Crippen molar-refractivity contribution in [2.24, 2.45) is 5.92 Å². The smallest absolute Gasteiger partial charge is 0.307 e. The van der Waals surface area contributed by atoms with Gasteiger partial charge in [0.25, 0.3) is 0 Å². The molecule has 0 spiro atoms. The lowest BCUT2D eigenvalue weighted by Gasteiger charge is -2.13. The molecule has 1 unspecified atom stereocenters. The minimum Gasteiger partial charge on any atom is -0.481 e. The van der Waals surface area contributed by atoms with Crippen LogP contribution in [0.1, 0.15) is 20.8 Å². The van der Waals surface area contributed by atoms with Crippen LogP contribution in [-0.4, -0.2) is 31.3 Å². The molecule has 0 bridgehead atoms. The normalized spacial score (nSPS) is 13.4. The molecule has 112 valence electrons. The number of thioether (sulfide) groups is 1. The summed E-state index contributed by atoms with van der Waals surface area (Å²) >= 11 is 1.24. The molecule has 0 heterocycles. The molecule has 0 fully saturated rings. The van der Waals surface area contributed by atoms with Gasteiger partial charge in [0, 0.05) is 16.7 Å². The van der Waals surface area contributed by atoms with Crippen LogP contribution in [0.5, 0.6) is 0 Å². The highest BCUT2D eigenvalue weighted by atomic mass is 32.2. The first-order valence-electron chi connectivity index (χ1n) is 6.21. The Morgan fingerprint density at radius 1 is 1.30 bits per heavy atom. The third-order valence-corrected chi connectivity index (χ3v) is 5.62.